The van der Waals surface area contributed by atoms with Crippen LogP contribution in [0.5, 0.6) is 5.75 Å². The molecule has 0 atom stereocenters. The lowest BCUT2D eigenvalue weighted by molar-refractivity contribution is -0.192. The van der Waals surface area contributed by atoms with E-state index in [9.17, 15) is 27.2 Å². The van der Waals surface area contributed by atoms with Crippen molar-refractivity contribution in [2.75, 3.05) is 45.7 Å². The quantitative estimate of drug-likeness (QED) is 0.414. The van der Waals surface area contributed by atoms with Crippen molar-refractivity contribution in [3.05, 3.63) is 54.0 Å². The number of ether oxygens (including phenoxy) is 1. The maximum absolute atomic E-state index is 13.0. The van der Waals surface area contributed by atoms with Gasteiger partial charge in [-0.2, -0.15) is 13.2 Å². The molecule has 0 aliphatic carbocycles. The molecule has 3 rings (SSSR count). The Kier molecular flexibility index (Phi) is 10.8. The van der Waals surface area contributed by atoms with Gasteiger partial charge in [0.25, 0.3) is 0 Å². The molecule has 1 aromatic heterocycles. The molecule has 0 bridgehead atoms. The number of ketones is 1. The van der Waals surface area contributed by atoms with Crippen LogP contribution in [0.4, 0.5) is 28.2 Å². The number of carboxylic acid groups (broad SMARTS) is 1. The lowest BCUT2D eigenvalue weighted by Gasteiger charge is -2.33. The van der Waals surface area contributed by atoms with Crippen LogP contribution >= 0.6 is 0 Å². The lowest BCUT2D eigenvalue weighted by Crippen LogP contribution is -2.42. The number of nitrogens with one attached hydrogen (secondary N) is 1. The van der Waals surface area contributed by atoms with E-state index in [2.05, 4.69) is 15.2 Å². The van der Waals surface area contributed by atoms with E-state index in [1.54, 1.807) is 37.4 Å². The summed E-state index contributed by atoms with van der Waals surface area (Å²) in [4.78, 5) is 41.6. The normalized spacial score (nSPS) is 14.2. The first-order chi connectivity index (χ1) is 17.4. The molecule has 0 unspecified atom stereocenters. The molecule has 2 amide bonds. The van der Waals surface area contributed by atoms with Crippen LogP contribution in [0.1, 0.15) is 23.2 Å². The van der Waals surface area contributed by atoms with E-state index in [4.69, 9.17) is 14.6 Å². The molecule has 0 radical (unpaired) electrons. The number of urea groups is 1. The Balaban J connectivity index is 0.000000604. The fourth-order valence-corrected chi connectivity index (χ4v) is 3.51. The number of hydrogen-bond donors (Lipinski definition) is 2. The number of likely N-dealkylation sites (tertiary alicyclic amines) is 1. The molecular formula is C24H28F4N4O5. The highest BCUT2D eigenvalue weighted by Crippen LogP contribution is 2.19. The molecule has 2 heterocycles. The molecule has 2 N–H and O–H groups in total. The molecule has 1 aliphatic heterocycles. The minimum Gasteiger partial charge on any atom is -0.495 e. The summed E-state index contributed by atoms with van der Waals surface area (Å²) in [5.41, 5.74) is 0.530. The van der Waals surface area contributed by atoms with Crippen molar-refractivity contribution in [3.8, 4) is 5.75 Å². The number of hydrogen-bond acceptors (Lipinski definition) is 6. The Morgan fingerprint density at radius 3 is 2.22 bits per heavy atom. The molecule has 1 aromatic carbocycles. The smallest absolute Gasteiger partial charge is 0.490 e. The van der Waals surface area contributed by atoms with E-state index >= 15 is 0 Å². The van der Waals surface area contributed by atoms with E-state index in [1.807, 2.05) is 0 Å². The maximum Gasteiger partial charge on any atom is 0.490 e. The summed E-state index contributed by atoms with van der Waals surface area (Å²) in [6, 6.07) is 8.89. The van der Waals surface area contributed by atoms with Gasteiger partial charge >= 0.3 is 18.2 Å². The van der Waals surface area contributed by atoms with Gasteiger partial charge in [-0.15, -0.1) is 0 Å². The van der Waals surface area contributed by atoms with Gasteiger partial charge in [-0.1, -0.05) is 0 Å². The predicted octanol–water partition coefficient (Wildman–Crippen LogP) is 3.92. The summed E-state index contributed by atoms with van der Waals surface area (Å²) in [7, 11) is 3.33. The highest BCUT2D eigenvalue weighted by Gasteiger charge is 2.38. The number of alkyl halides is 3. The van der Waals surface area contributed by atoms with Crippen molar-refractivity contribution < 1.29 is 41.8 Å². The number of halogens is 4. The molecule has 1 saturated heterocycles. The number of aromatic nitrogens is 1. The minimum absolute atomic E-state index is 0.00284. The molecule has 37 heavy (non-hydrogen) atoms. The van der Waals surface area contributed by atoms with E-state index in [1.165, 1.54) is 24.3 Å². The number of aliphatic carboxylic acids is 1. The minimum atomic E-state index is -5.08. The zero-order chi connectivity index (χ0) is 27.6. The van der Waals surface area contributed by atoms with Gasteiger partial charge in [-0.3, -0.25) is 15.0 Å². The van der Waals surface area contributed by atoms with Gasteiger partial charge < -0.3 is 14.7 Å². The molecule has 1 fully saturated rings. The number of carbonyl (C=O) groups excluding carboxylic acids is 2. The number of benzene rings is 1. The fraction of sp³-hybridized carbons (Fsp3) is 0.417. The van der Waals surface area contributed by atoms with Gasteiger partial charge in [0, 0.05) is 19.2 Å². The topological polar surface area (TPSA) is 112 Å². The number of methoxy groups -OCH3 is 1. The predicted molar refractivity (Wildman–Crippen MR) is 126 cm³/mol. The molecule has 2 aromatic rings. The molecule has 202 valence electrons. The zero-order valence-electron chi connectivity index (χ0n) is 20.3. The van der Waals surface area contributed by atoms with Crippen molar-refractivity contribution in [2.45, 2.75) is 19.0 Å². The average Bonchev–Trinajstić information content (AvgIpc) is 2.85. The van der Waals surface area contributed by atoms with E-state index in [0.717, 1.165) is 25.9 Å². The Hall–Kier alpha value is -3.74. The van der Waals surface area contributed by atoms with Crippen molar-refractivity contribution in [1.29, 1.82) is 0 Å². The second kappa shape index (κ2) is 13.5. The maximum atomic E-state index is 13.0. The lowest BCUT2D eigenvalue weighted by atomic mass is 9.96. The number of amides is 2. The number of nitrogens with zero attached hydrogens (tertiary/aromatic N) is 3. The van der Waals surface area contributed by atoms with Crippen LogP contribution in [0.2, 0.25) is 0 Å². The molecule has 13 heteroatoms. The molecule has 1 aliphatic rings. The second-order valence-electron chi connectivity index (χ2n) is 8.35. The van der Waals surface area contributed by atoms with Crippen LogP contribution < -0.4 is 10.1 Å². The third-order valence-corrected chi connectivity index (χ3v) is 5.57. The van der Waals surface area contributed by atoms with E-state index in [-0.39, 0.29) is 17.6 Å². The number of pyridine rings is 1. The average molecular weight is 529 g/mol. The monoisotopic (exact) mass is 528 g/mol. The van der Waals surface area contributed by atoms with Crippen molar-refractivity contribution >= 4 is 23.6 Å². The Morgan fingerprint density at radius 1 is 1.14 bits per heavy atom. The number of Topliss-reactive ketones (excluding diaryl/α,β-unsaturated/α-hetero) is 1. The Labute approximate surface area is 211 Å². The number of piperidine rings is 1. The van der Waals surface area contributed by atoms with Crippen LogP contribution in [0, 0.1) is 11.7 Å². The highest BCUT2D eigenvalue weighted by molar-refractivity contribution is 5.97. The van der Waals surface area contributed by atoms with Gasteiger partial charge in [0.15, 0.2) is 5.78 Å². The van der Waals surface area contributed by atoms with Crippen molar-refractivity contribution in [1.82, 2.24) is 14.8 Å². The first kappa shape index (κ1) is 29.5. The van der Waals surface area contributed by atoms with Crippen LogP contribution in [0.3, 0.4) is 0 Å². The van der Waals surface area contributed by atoms with Crippen molar-refractivity contribution in [3.63, 3.8) is 0 Å². The SMILES string of the molecule is COc1ccc(NC(=O)N(C)CC2CCN(CC(=O)c3ccc(F)cc3)CC2)nc1.O=C(O)C(F)(F)F. The molecule has 9 nitrogen and oxygen atoms in total. The number of carboxylic acids is 1. The van der Waals surface area contributed by atoms with E-state index < -0.39 is 12.1 Å². The summed E-state index contributed by atoms with van der Waals surface area (Å²) in [5, 5.41) is 9.90. The number of rotatable bonds is 7. The van der Waals surface area contributed by atoms with Gasteiger partial charge in [0.05, 0.1) is 19.9 Å². The van der Waals surface area contributed by atoms with Crippen LogP contribution in [-0.2, 0) is 4.79 Å². The summed E-state index contributed by atoms with van der Waals surface area (Å²) < 4.78 is 49.8. The number of anilines is 1. The van der Waals surface area contributed by atoms with Crippen LogP contribution in [-0.4, -0.2) is 84.2 Å². The summed E-state index contributed by atoms with van der Waals surface area (Å²) in [5.74, 6) is -1.62. The largest absolute Gasteiger partial charge is 0.495 e. The second-order valence-corrected chi connectivity index (χ2v) is 8.35. The van der Waals surface area contributed by atoms with E-state index in [0.29, 0.717) is 36.1 Å². The Bertz CT molecular complexity index is 1040. The molecule has 0 saturated carbocycles. The fourth-order valence-electron chi connectivity index (χ4n) is 3.51. The zero-order valence-corrected chi connectivity index (χ0v) is 20.3. The third-order valence-electron chi connectivity index (χ3n) is 5.57. The first-order valence-electron chi connectivity index (χ1n) is 11.2. The van der Waals surface area contributed by atoms with Gasteiger partial charge in [0.1, 0.15) is 17.4 Å². The Morgan fingerprint density at radius 2 is 1.73 bits per heavy atom. The van der Waals surface area contributed by atoms with Crippen LogP contribution in [0.15, 0.2) is 42.6 Å². The summed E-state index contributed by atoms with van der Waals surface area (Å²) in [6.45, 7) is 2.57. The van der Waals surface area contributed by atoms with Gasteiger partial charge in [-0.25, -0.2) is 19.0 Å². The molecular weight excluding hydrogens is 500 g/mol. The number of carbonyl (C=O) groups is 3. The van der Waals surface area contributed by atoms with Crippen molar-refractivity contribution in [2.24, 2.45) is 5.92 Å². The molecule has 0 spiro atoms. The van der Waals surface area contributed by atoms with Crippen LogP contribution in [0.25, 0.3) is 0 Å². The highest BCUT2D eigenvalue weighted by atomic mass is 19.4. The van der Waals surface area contributed by atoms with Gasteiger partial charge in [-0.05, 0) is 68.2 Å². The summed E-state index contributed by atoms with van der Waals surface area (Å²) in [6.07, 6.45) is -1.71. The summed E-state index contributed by atoms with van der Waals surface area (Å²) >= 11 is 0. The standard InChI is InChI=1S/C22H27FN4O3.C2HF3O2/c1-26(22(29)25-21-8-7-19(30-2)13-24-21)14-16-9-11-27(12-10-16)15-20(28)17-3-5-18(23)6-4-17;3-2(4,5)1(6)7/h3-8,13,16H,9-12,14-15H2,1-2H3,(H,24,25,29);(H,6,7). The van der Waals surface area contributed by atoms with Gasteiger partial charge in [0.2, 0.25) is 0 Å². The third kappa shape index (κ3) is 10.0. The first-order valence-corrected chi connectivity index (χ1v) is 11.2.